The standard InChI is InChI=1S/C11H27Si4/c1-13(2,3)11-10-12(14(4,5)6)15(7,8)9/h1-9H3/q-1. The fourth-order valence-electron chi connectivity index (χ4n) is 1.75. The van der Waals surface area contributed by atoms with Gasteiger partial charge in [-0.1, -0.05) is 74.1 Å². The number of hydrogen-bond donors (Lipinski definition) is 0. The van der Waals surface area contributed by atoms with E-state index >= 15 is 0 Å². The molecule has 0 bridgehead atoms. The first-order valence-corrected chi connectivity index (χ1v) is 19.8. The Hall–Kier alpha value is 0.428. The van der Waals surface area contributed by atoms with Crippen molar-refractivity contribution in [2.45, 2.75) is 58.9 Å². The van der Waals surface area contributed by atoms with Crippen LogP contribution in [0.1, 0.15) is 0 Å². The molecule has 88 valence electrons. The second kappa shape index (κ2) is 4.74. The van der Waals surface area contributed by atoms with Crippen molar-refractivity contribution in [3.8, 4) is 11.1 Å². The van der Waals surface area contributed by atoms with Gasteiger partial charge in [-0.15, -0.1) is 0 Å². The molecule has 0 aromatic carbocycles. The van der Waals surface area contributed by atoms with E-state index in [2.05, 4.69) is 70.0 Å². The van der Waals surface area contributed by atoms with Gasteiger partial charge < -0.3 is 5.54 Å². The molecule has 0 spiro atoms. The molecular formula is C11H27Si4-. The third-order valence-electron chi connectivity index (χ3n) is 2.06. The SMILES string of the molecule is C[Si](C)(C)C#C[Si-]([Si](C)(C)C)[Si](C)(C)C. The second-order valence-electron chi connectivity index (χ2n) is 7.38. The highest BCUT2D eigenvalue weighted by Gasteiger charge is 2.22. The molecule has 4 heteroatoms. The molecule has 0 N–H and O–H groups in total. The number of hydrogen-bond acceptors (Lipinski definition) is 0. The molecule has 0 amide bonds. The van der Waals surface area contributed by atoms with E-state index < -0.39 is 23.3 Å². The summed E-state index contributed by atoms with van der Waals surface area (Å²) in [5, 5.41) is 0. The smallest absolute Gasteiger partial charge is 0.124 e. The Morgan fingerprint density at radius 1 is 0.667 bits per heavy atom. The minimum atomic E-state index is -1.17. The maximum absolute atomic E-state index is 3.78. The highest BCUT2D eigenvalue weighted by atomic mass is 29.6. The summed E-state index contributed by atoms with van der Waals surface area (Å²) >= 11 is 0. The lowest BCUT2D eigenvalue weighted by molar-refractivity contribution is 1.80. The number of rotatable bonds is 2. The first-order chi connectivity index (χ1) is 6.34. The van der Waals surface area contributed by atoms with Gasteiger partial charge in [-0.25, -0.2) is 7.83 Å². The van der Waals surface area contributed by atoms with Crippen LogP contribution in [0, 0.1) is 11.1 Å². The summed E-state index contributed by atoms with van der Waals surface area (Å²) in [6, 6.07) is 0. The molecule has 0 aliphatic rings. The lowest BCUT2D eigenvalue weighted by atomic mass is 11.4. The first-order valence-electron chi connectivity index (χ1n) is 5.75. The van der Waals surface area contributed by atoms with Gasteiger partial charge in [0.2, 0.25) is 0 Å². The third-order valence-corrected chi connectivity index (χ3v) is 29.8. The van der Waals surface area contributed by atoms with E-state index in [0.29, 0.717) is 0 Å². The lowest BCUT2D eigenvalue weighted by Gasteiger charge is -2.48. The van der Waals surface area contributed by atoms with E-state index in [-0.39, 0.29) is 7.83 Å². The summed E-state index contributed by atoms with van der Waals surface area (Å²) in [7, 11) is -3.55. The zero-order valence-electron chi connectivity index (χ0n) is 12.0. The van der Waals surface area contributed by atoms with Gasteiger partial charge in [0, 0.05) is 0 Å². The van der Waals surface area contributed by atoms with Crippen LogP contribution in [0.3, 0.4) is 0 Å². The molecule has 0 aliphatic heterocycles. The van der Waals surface area contributed by atoms with E-state index in [1.165, 1.54) is 0 Å². The fourth-order valence-corrected chi connectivity index (χ4v) is 37.1. The minimum absolute atomic E-state index is 0.357. The van der Waals surface area contributed by atoms with Gasteiger partial charge in [0.05, 0.1) is 0 Å². The van der Waals surface area contributed by atoms with E-state index in [9.17, 15) is 0 Å². The summed E-state index contributed by atoms with van der Waals surface area (Å²) in [5.41, 5.74) is 7.42. The Kier molecular flexibility index (Phi) is 4.87. The summed E-state index contributed by atoms with van der Waals surface area (Å²) in [5.74, 6) is 0. The predicted octanol–water partition coefficient (Wildman–Crippen LogP) is 3.73. The van der Waals surface area contributed by atoms with Gasteiger partial charge in [-0.2, -0.15) is 5.54 Å². The average Bonchev–Trinajstić information content (AvgIpc) is 1.75. The molecule has 0 aromatic heterocycles. The quantitative estimate of drug-likeness (QED) is 0.530. The second-order valence-corrected chi connectivity index (χ2v) is 35.6. The summed E-state index contributed by atoms with van der Waals surface area (Å²) < 4.78 is 0. The highest BCUT2D eigenvalue weighted by Crippen LogP contribution is 2.17. The van der Waals surface area contributed by atoms with Crippen LogP contribution in [-0.2, 0) is 0 Å². The van der Waals surface area contributed by atoms with Crippen LogP contribution in [-0.4, -0.2) is 31.1 Å². The normalized spacial score (nSPS) is 13.1. The Labute approximate surface area is 101 Å². The maximum atomic E-state index is 3.78. The van der Waals surface area contributed by atoms with Crippen LogP contribution in [0.4, 0.5) is 0 Å². The molecule has 0 saturated heterocycles. The highest BCUT2D eigenvalue weighted by molar-refractivity contribution is 7.62. The van der Waals surface area contributed by atoms with Crippen molar-refractivity contribution < 1.29 is 0 Å². The predicted molar refractivity (Wildman–Crippen MR) is 83.6 cm³/mol. The molecule has 0 aliphatic carbocycles. The molecule has 0 radical (unpaired) electrons. The van der Waals surface area contributed by atoms with Crippen molar-refractivity contribution in [1.82, 2.24) is 0 Å². The zero-order chi connectivity index (χ0) is 12.5. The van der Waals surface area contributed by atoms with E-state index in [1.807, 2.05) is 0 Å². The van der Waals surface area contributed by atoms with Crippen LogP contribution in [0.5, 0.6) is 0 Å². The minimum Gasteiger partial charge on any atom is -0.309 e. The molecular weight excluding hydrogens is 244 g/mol. The Morgan fingerprint density at radius 2 is 1.00 bits per heavy atom. The van der Waals surface area contributed by atoms with Crippen LogP contribution in [0.15, 0.2) is 0 Å². The largest absolute Gasteiger partial charge is 0.309 e. The van der Waals surface area contributed by atoms with Crippen LogP contribution in [0.2, 0.25) is 58.9 Å². The molecule has 0 aromatic rings. The van der Waals surface area contributed by atoms with Gasteiger partial charge in [0.1, 0.15) is 8.07 Å². The van der Waals surface area contributed by atoms with E-state index in [1.54, 1.807) is 0 Å². The van der Waals surface area contributed by atoms with E-state index in [4.69, 9.17) is 0 Å². The monoisotopic (exact) mass is 271 g/mol. The van der Waals surface area contributed by atoms with Gasteiger partial charge in [0.15, 0.2) is 0 Å². The first kappa shape index (κ1) is 15.4. The van der Waals surface area contributed by atoms with Crippen molar-refractivity contribution in [3.05, 3.63) is 0 Å². The molecule has 0 atom stereocenters. The van der Waals surface area contributed by atoms with Crippen molar-refractivity contribution in [3.63, 3.8) is 0 Å². The van der Waals surface area contributed by atoms with Gasteiger partial charge in [-0.3, -0.25) is 0 Å². The van der Waals surface area contributed by atoms with E-state index in [0.717, 1.165) is 0 Å². The average molecular weight is 272 g/mol. The van der Waals surface area contributed by atoms with Gasteiger partial charge in [-0.05, 0) is 0 Å². The van der Waals surface area contributed by atoms with Crippen molar-refractivity contribution in [2.24, 2.45) is 0 Å². The molecule has 0 unspecified atom stereocenters. The van der Waals surface area contributed by atoms with Gasteiger partial charge >= 0.3 is 0 Å². The Bertz CT molecular complexity index is 250. The lowest BCUT2D eigenvalue weighted by Crippen LogP contribution is -2.58. The van der Waals surface area contributed by atoms with Crippen LogP contribution in [0.25, 0.3) is 0 Å². The fraction of sp³-hybridized carbons (Fsp3) is 0.818. The molecule has 0 heterocycles. The topological polar surface area (TPSA) is 0 Å². The molecule has 0 fully saturated rings. The van der Waals surface area contributed by atoms with Crippen molar-refractivity contribution in [1.29, 1.82) is 0 Å². The maximum Gasteiger partial charge on any atom is 0.124 e. The summed E-state index contributed by atoms with van der Waals surface area (Å²) in [4.78, 5) is 0. The molecule has 0 nitrogen and oxygen atoms in total. The summed E-state index contributed by atoms with van der Waals surface area (Å²) in [6.45, 7) is 22.1. The van der Waals surface area contributed by atoms with Crippen molar-refractivity contribution >= 4 is 31.1 Å². The Balaban J connectivity index is 5.07. The summed E-state index contributed by atoms with van der Waals surface area (Å²) in [6.07, 6.45) is 0. The molecule has 15 heavy (non-hydrogen) atoms. The molecule has 0 rings (SSSR count). The zero-order valence-corrected chi connectivity index (χ0v) is 16.0. The third kappa shape index (κ3) is 6.56. The van der Waals surface area contributed by atoms with Crippen LogP contribution < -0.4 is 0 Å². The molecule has 0 saturated carbocycles. The van der Waals surface area contributed by atoms with Crippen LogP contribution >= 0.6 is 0 Å². The Morgan fingerprint density at radius 3 is 1.20 bits per heavy atom. The van der Waals surface area contributed by atoms with Crippen molar-refractivity contribution in [2.75, 3.05) is 0 Å². The van der Waals surface area contributed by atoms with Gasteiger partial charge in [0.25, 0.3) is 0 Å².